The number of carbonyl (C=O) groups excluding carboxylic acids is 11. The number of hydrazine groups is 1. The maximum Gasteiger partial charge on any atom is 0.426 e. The third-order valence-corrected chi connectivity index (χ3v) is 22.3. The van der Waals surface area contributed by atoms with Crippen molar-refractivity contribution in [2.75, 3.05) is 51.6 Å². The number of carboxylic acids is 4. The SMILES string of the molecule is CCCOCN(C(=O)C(NC(=O)C1CCCCN1C)C(C)CC)C(CC(OC(C)=O)c1nc(C(=O)NC(Cc2ccc(O)cc2)CC(C)C(=O)NNC(=O)OCCSSCC(C)NC(=O)C(CC(=O)O)NC(=O)C(CC(=O)O)NC(=O)Cc2ccc(CNC(=O)NCCCCC(C)NC(=O)NC(CCC(=O)O)C(=O)O)cc2)cs1)C(C)C. The van der Waals surface area contributed by atoms with Crippen LogP contribution in [0, 0.1) is 17.8 Å². The number of likely N-dealkylation sites (N-methyl/N-ethyl adjacent to an activating group) is 1. The van der Waals surface area contributed by atoms with Crippen LogP contribution < -0.4 is 58.7 Å². The average molecular weight is 1700 g/mol. The first-order chi connectivity index (χ1) is 55.5. The zero-order chi connectivity index (χ0) is 86.8. The Bertz CT molecular complexity index is 3770. The van der Waals surface area contributed by atoms with E-state index in [0.29, 0.717) is 61.8 Å². The van der Waals surface area contributed by atoms with Crippen LogP contribution in [0.3, 0.4) is 0 Å². The molecule has 1 aromatic heterocycles. The number of likely N-dealkylation sites (tertiary alicyclic amines) is 1. The molecule has 0 spiro atoms. The van der Waals surface area contributed by atoms with Crippen molar-refractivity contribution >= 4 is 122 Å². The summed E-state index contributed by atoms with van der Waals surface area (Å²) in [6, 6.07) is 3.01. The number of amides is 12. The Labute approximate surface area is 692 Å². The molecule has 12 amide bonds. The zero-order valence-electron chi connectivity index (χ0n) is 67.8. The summed E-state index contributed by atoms with van der Waals surface area (Å²) in [6.07, 6.45) is 0.777. The zero-order valence-corrected chi connectivity index (χ0v) is 70.3. The summed E-state index contributed by atoms with van der Waals surface area (Å²) in [5, 5.41) is 72.7. The molecule has 1 saturated heterocycles. The molecule has 1 aliphatic heterocycles. The van der Waals surface area contributed by atoms with E-state index in [4.69, 9.17) is 19.3 Å². The fourth-order valence-electron chi connectivity index (χ4n) is 12.3. The number of hydrogen-bond donors (Lipinski definition) is 16. The van der Waals surface area contributed by atoms with Crippen LogP contribution in [0.25, 0.3) is 0 Å². The van der Waals surface area contributed by atoms with Gasteiger partial charge in [-0.3, -0.25) is 63.1 Å². The first-order valence-corrected chi connectivity index (χ1v) is 42.4. The number of unbranched alkanes of at least 4 members (excludes halogenated alkanes) is 1. The van der Waals surface area contributed by atoms with Crippen LogP contribution in [0.5, 0.6) is 5.75 Å². The summed E-state index contributed by atoms with van der Waals surface area (Å²) < 4.78 is 17.2. The van der Waals surface area contributed by atoms with Gasteiger partial charge in [-0.1, -0.05) is 112 Å². The minimum Gasteiger partial charge on any atom is -0.508 e. The van der Waals surface area contributed by atoms with Crippen molar-refractivity contribution in [3.8, 4) is 5.75 Å². The van der Waals surface area contributed by atoms with E-state index in [1.54, 1.807) is 62.1 Å². The number of aliphatic carboxylic acids is 4. The van der Waals surface area contributed by atoms with Crippen molar-refractivity contribution in [1.82, 2.24) is 73.5 Å². The molecule has 1 fully saturated rings. The molecule has 117 heavy (non-hydrogen) atoms. The lowest BCUT2D eigenvalue weighted by atomic mass is 9.92. The van der Waals surface area contributed by atoms with Crippen molar-refractivity contribution in [2.45, 2.75) is 232 Å². The van der Waals surface area contributed by atoms with E-state index in [-0.39, 0.29) is 122 Å². The van der Waals surface area contributed by atoms with Gasteiger partial charge in [-0.25, -0.2) is 29.6 Å². The number of aromatic hydroxyl groups is 1. The van der Waals surface area contributed by atoms with Crippen LogP contribution in [-0.2, 0) is 86.3 Å². The number of nitrogens with zero attached hydrogens (tertiary/aromatic N) is 3. The van der Waals surface area contributed by atoms with E-state index in [2.05, 4.69) is 63.7 Å². The molecular weight excluding hydrogens is 1590 g/mol. The van der Waals surface area contributed by atoms with E-state index < -0.39 is 151 Å². The van der Waals surface area contributed by atoms with Gasteiger partial charge in [0, 0.05) is 86.4 Å². The monoisotopic (exact) mass is 1700 g/mol. The minimum atomic E-state index is -1.73. The quantitative estimate of drug-likeness (QED) is 0.0113. The van der Waals surface area contributed by atoms with E-state index in [9.17, 15) is 92.3 Å². The number of phenolic OH excluding ortho intramolecular Hbond substituents is 1. The van der Waals surface area contributed by atoms with E-state index >= 15 is 0 Å². The molecule has 2 aromatic carbocycles. The molecule has 1 aliphatic rings. The summed E-state index contributed by atoms with van der Waals surface area (Å²) in [4.78, 5) is 201. The number of hydrogen-bond acceptors (Lipinski definition) is 24. The number of phenols is 1. The number of thiazole rings is 1. The number of rotatable bonds is 52. The van der Waals surface area contributed by atoms with Crippen molar-refractivity contribution in [1.29, 1.82) is 0 Å². The van der Waals surface area contributed by atoms with Crippen molar-refractivity contribution in [2.24, 2.45) is 17.8 Å². The Balaban J connectivity index is 1.24. The average Bonchev–Trinajstić information content (AvgIpc) is 1.78. The highest BCUT2D eigenvalue weighted by Crippen LogP contribution is 2.33. The molecule has 2 heterocycles. The molecule has 4 rings (SSSR count). The van der Waals surface area contributed by atoms with Gasteiger partial charge in [-0.2, -0.15) is 0 Å². The number of aromatic nitrogens is 1. The Morgan fingerprint density at radius 2 is 1.33 bits per heavy atom. The number of nitrogens with one attached hydrogen (secondary N) is 11. The highest BCUT2D eigenvalue weighted by Gasteiger charge is 2.40. The van der Waals surface area contributed by atoms with Crippen LogP contribution in [0.2, 0.25) is 0 Å². The van der Waals surface area contributed by atoms with E-state index in [1.807, 2.05) is 46.6 Å². The molecule has 40 heteroatoms. The second-order valence-electron chi connectivity index (χ2n) is 29.2. The van der Waals surface area contributed by atoms with Crippen LogP contribution in [0.1, 0.15) is 190 Å². The number of urea groups is 2. The molecular formula is C77H116N14O23S3. The van der Waals surface area contributed by atoms with Crippen molar-refractivity contribution < 1.29 is 112 Å². The van der Waals surface area contributed by atoms with Gasteiger partial charge in [0.05, 0.1) is 25.3 Å². The molecule has 0 bridgehead atoms. The maximum absolute atomic E-state index is 15.0. The number of piperidine rings is 1. The van der Waals surface area contributed by atoms with Gasteiger partial charge in [-0.15, -0.1) is 11.3 Å². The molecule has 12 atom stereocenters. The van der Waals surface area contributed by atoms with Crippen LogP contribution in [0.15, 0.2) is 53.9 Å². The lowest BCUT2D eigenvalue weighted by molar-refractivity contribution is -0.153. The Hall–Kier alpha value is -10.1. The van der Waals surface area contributed by atoms with Gasteiger partial charge >= 0.3 is 48.0 Å². The topological polar surface area (TPSA) is 537 Å². The number of ether oxygens (including phenoxy) is 3. The lowest BCUT2D eigenvalue weighted by Crippen LogP contribution is -2.59. The highest BCUT2D eigenvalue weighted by atomic mass is 33.1. The fourth-order valence-corrected chi connectivity index (χ4v) is 15.2. The molecule has 16 N–H and O–H groups in total. The predicted octanol–water partition coefficient (Wildman–Crippen LogP) is 5.24. The molecule has 0 radical (unpaired) electrons. The third kappa shape index (κ3) is 38.3. The lowest BCUT2D eigenvalue weighted by Gasteiger charge is -2.39. The van der Waals surface area contributed by atoms with Crippen molar-refractivity contribution in [3.05, 3.63) is 81.3 Å². The number of carboxylic acid groups (broad SMARTS) is 4. The van der Waals surface area contributed by atoms with Crippen LogP contribution in [-0.4, -0.2) is 236 Å². The largest absolute Gasteiger partial charge is 0.508 e. The Morgan fingerprint density at radius 3 is 1.96 bits per heavy atom. The predicted molar refractivity (Wildman–Crippen MR) is 433 cm³/mol. The van der Waals surface area contributed by atoms with Gasteiger partial charge in [0.2, 0.25) is 35.4 Å². The smallest absolute Gasteiger partial charge is 0.426 e. The fraction of sp³-hybridized carbons (Fsp3) is 0.610. The van der Waals surface area contributed by atoms with E-state index in [1.165, 1.54) is 46.0 Å². The van der Waals surface area contributed by atoms with Gasteiger partial charge < -0.3 is 92.5 Å². The van der Waals surface area contributed by atoms with Crippen molar-refractivity contribution in [3.63, 3.8) is 0 Å². The van der Waals surface area contributed by atoms with E-state index in [0.717, 1.165) is 30.7 Å². The Kier molecular flexibility index (Phi) is 44.6. The molecule has 3 aromatic rings. The first-order valence-electron chi connectivity index (χ1n) is 39.0. The number of carbonyl (C=O) groups is 15. The summed E-state index contributed by atoms with van der Waals surface area (Å²) in [5.41, 5.74) is 6.30. The van der Waals surface area contributed by atoms with Gasteiger partial charge in [0.15, 0.2) is 6.10 Å². The number of esters is 1. The van der Waals surface area contributed by atoms with Crippen LogP contribution in [0.4, 0.5) is 14.4 Å². The summed E-state index contributed by atoms with van der Waals surface area (Å²) in [7, 11) is 4.38. The first kappa shape index (κ1) is 99.3. The number of benzene rings is 2. The summed E-state index contributed by atoms with van der Waals surface area (Å²) in [5.74, 6) is -11.7. The Morgan fingerprint density at radius 1 is 0.675 bits per heavy atom. The van der Waals surface area contributed by atoms with Crippen LogP contribution >= 0.6 is 32.9 Å². The molecule has 0 aliphatic carbocycles. The van der Waals surface area contributed by atoms with Gasteiger partial charge in [0.25, 0.3) is 5.91 Å². The summed E-state index contributed by atoms with van der Waals surface area (Å²) >= 11 is 1.08. The third-order valence-electron chi connectivity index (χ3n) is 18.9. The van der Waals surface area contributed by atoms with Gasteiger partial charge in [-0.05, 0) is 126 Å². The standard InChI is InChI=1S/C77H116N14O23S3/c1-11-31-112-43-91(73(106)66(45(5)12-2)87-71(105)59-18-14-16-30-90(59)10)60(44(3)4)39-61(114-49(9)92)72-85-58(42-115-72)70(104)82-53(35-50-23-25-54(93)26-24-50)34-46(6)67(101)88-89-77(111)113-32-33-116-117-41-48(8)80-68(102)57(38-65(99)100)84-69(103)56(37-64(97)98)83-62(94)36-51-19-21-52(22-20-51)40-79-75(109)78-29-15-13-17-47(7)81-76(110)86-55(74(107)108)27-28-63(95)96/h19-26,42,44-48,53,55-57,59-61,66,93H,11-18,27-41,43H2,1-10H3,(H,80,102)(H,82,104)(H,83,94)(H,84,103)(H,87,105)(H,88,101)(H,89,111)(H,95,96)(H,97,98)(H,99,100)(H,107,108)(H2,78,79,109)(H2,81,86,110). The summed E-state index contributed by atoms with van der Waals surface area (Å²) in [6.45, 7) is 17.0. The molecule has 0 saturated carbocycles. The molecule has 37 nitrogen and oxygen atoms in total. The van der Waals surface area contributed by atoms with Gasteiger partial charge in [0.1, 0.15) is 54.0 Å². The maximum atomic E-state index is 15.0. The molecule has 650 valence electrons. The second kappa shape index (κ2) is 52.6. The highest BCUT2D eigenvalue weighted by molar-refractivity contribution is 8.76. The second-order valence-corrected chi connectivity index (χ2v) is 32.7. The minimum absolute atomic E-state index is 0.00515. The molecule has 12 unspecified atom stereocenters. The normalized spacial score (nSPS) is 15.5.